The van der Waals surface area contributed by atoms with Gasteiger partial charge in [0.2, 0.25) is 0 Å². The van der Waals surface area contributed by atoms with Gasteiger partial charge in [0.15, 0.2) is 0 Å². The van der Waals surface area contributed by atoms with E-state index in [2.05, 4.69) is 44.5 Å². The van der Waals surface area contributed by atoms with Gasteiger partial charge >= 0.3 is 0 Å². The maximum atomic E-state index is 4.00. The van der Waals surface area contributed by atoms with E-state index in [1.165, 1.54) is 18.4 Å². The third-order valence-electron chi connectivity index (χ3n) is 3.04. The van der Waals surface area contributed by atoms with Crippen LogP contribution in [0, 0.1) is 5.41 Å². The van der Waals surface area contributed by atoms with Crippen LogP contribution in [0.3, 0.4) is 0 Å². The van der Waals surface area contributed by atoms with Gasteiger partial charge in [-0.25, -0.2) is 0 Å². The summed E-state index contributed by atoms with van der Waals surface area (Å²) in [5.41, 5.74) is 1.61. The zero-order valence-electron chi connectivity index (χ0n) is 11.5. The van der Waals surface area contributed by atoms with E-state index in [-0.39, 0.29) is 0 Å². The first-order valence-corrected chi connectivity index (χ1v) is 6.53. The SMILES string of the molecule is C=C(C)CN(CC)CC(C)(C)CNC1CC1. The van der Waals surface area contributed by atoms with Crippen LogP contribution in [0.4, 0.5) is 0 Å². The van der Waals surface area contributed by atoms with E-state index in [0.29, 0.717) is 5.41 Å². The van der Waals surface area contributed by atoms with E-state index in [1.54, 1.807) is 0 Å². The van der Waals surface area contributed by atoms with Crippen molar-refractivity contribution in [3.05, 3.63) is 12.2 Å². The first-order valence-electron chi connectivity index (χ1n) is 6.53. The molecule has 0 aromatic carbocycles. The van der Waals surface area contributed by atoms with Crippen molar-refractivity contribution in [3.63, 3.8) is 0 Å². The maximum Gasteiger partial charge on any atom is 0.0187 e. The Balaban J connectivity index is 2.31. The molecule has 0 atom stereocenters. The van der Waals surface area contributed by atoms with Crippen molar-refractivity contribution >= 4 is 0 Å². The van der Waals surface area contributed by atoms with Gasteiger partial charge in [0.25, 0.3) is 0 Å². The highest BCUT2D eigenvalue weighted by molar-refractivity contribution is 4.93. The molecule has 0 bridgehead atoms. The summed E-state index contributed by atoms with van der Waals surface area (Å²) < 4.78 is 0. The average molecular weight is 224 g/mol. The summed E-state index contributed by atoms with van der Waals surface area (Å²) in [4.78, 5) is 2.48. The van der Waals surface area contributed by atoms with Crippen molar-refractivity contribution in [2.45, 2.75) is 46.6 Å². The van der Waals surface area contributed by atoms with E-state index in [0.717, 1.165) is 32.2 Å². The molecule has 0 amide bonds. The van der Waals surface area contributed by atoms with Gasteiger partial charge in [-0.05, 0) is 31.7 Å². The highest BCUT2D eigenvalue weighted by Crippen LogP contribution is 2.22. The van der Waals surface area contributed by atoms with Gasteiger partial charge in [-0.15, -0.1) is 0 Å². The molecule has 0 heterocycles. The summed E-state index contributed by atoms with van der Waals surface area (Å²) in [5.74, 6) is 0. The van der Waals surface area contributed by atoms with Crippen LogP contribution in [0.2, 0.25) is 0 Å². The number of likely N-dealkylation sites (N-methyl/N-ethyl adjacent to an activating group) is 1. The van der Waals surface area contributed by atoms with Gasteiger partial charge in [0.05, 0.1) is 0 Å². The Morgan fingerprint density at radius 1 is 1.44 bits per heavy atom. The zero-order chi connectivity index (χ0) is 12.2. The highest BCUT2D eigenvalue weighted by Gasteiger charge is 2.26. The first kappa shape index (κ1) is 13.7. The van der Waals surface area contributed by atoms with E-state index < -0.39 is 0 Å². The third-order valence-corrected chi connectivity index (χ3v) is 3.04. The Morgan fingerprint density at radius 3 is 2.50 bits per heavy atom. The molecule has 0 aliphatic heterocycles. The number of rotatable bonds is 8. The fraction of sp³-hybridized carbons (Fsp3) is 0.857. The van der Waals surface area contributed by atoms with Crippen LogP contribution in [0.25, 0.3) is 0 Å². The number of nitrogens with one attached hydrogen (secondary N) is 1. The molecule has 0 aromatic rings. The van der Waals surface area contributed by atoms with Crippen LogP contribution in [0.5, 0.6) is 0 Å². The Bertz CT molecular complexity index is 229. The second-order valence-corrected chi connectivity index (χ2v) is 6.08. The van der Waals surface area contributed by atoms with E-state index in [9.17, 15) is 0 Å². The fourth-order valence-corrected chi connectivity index (χ4v) is 2.03. The highest BCUT2D eigenvalue weighted by atomic mass is 15.1. The molecule has 94 valence electrons. The fourth-order valence-electron chi connectivity index (χ4n) is 2.03. The molecular weight excluding hydrogens is 196 g/mol. The molecular formula is C14H28N2. The molecule has 0 radical (unpaired) electrons. The van der Waals surface area contributed by atoms with Crippen LogP contribution in [-0.2, 0) is 0 Å². The Hall–Kier alpha value is -0.340. The number of nitrogens with zero attached hydrogens (tertiary/aromatic N) is 1. The molecule has 2 heteroatoms. The van der Waals surface area contributed by atoms with Gasteiger partial charge in [-0.3, -0.25) is 4.90 Å². The minimum atomic E-state index is 0.355. The smallest absolute Gasteiger partial charge is 0.0187 e. The topological polar surface area (TPSA) is 15.3 Å². The third kappa shape index (κ3) is 5.66. The summed E-state index contributed by atoms with van der Waals surface area (Å²) >= 11 is 0. The van der Waals surface area contributed by atoms with Crippen molar-refractivity contribution in [3.8, 4) is 0 Å². The lowest BCUT2D eigenvalue weighted by Gasteiger charge is -2.32. The van der Waals surface area contributed by atoms with Crippen LogP contribution in [0.15, 0.2) is 12.2 Å². The predicted molar refractivity (Wildman–Crippen MR) is 71.7 cm³/mol. The molecule has 1 rings (SSSR count). The molecule has 0 saturated heterocycles. The van der Waals surface area contributed by atoms with Crippen molar-refractivity contribution in [2.75, 3.05) is 26.2 Å². The predicted octanol–water partition coefficient (Wildman–Crippen LogP) is 2.66. The standard InChI is InChI=1S/C14H28N2/c1-6-16(9-12(2)3)11-14(4,5)10-15-13-7-8-13/h13,15H,2,6-11H2,1,3-5H3. The summed E-state index contributed by atoms with van der Waals surface area (Å²) in [6.45, 7) is 17.5. The summed E-state index contributed by atoms with van der Waals surface area (Å²) in [7, 11) is 0. The minimum absolute atomic E-state index is 0.355. The molecule has 2 nitrogen and oxygen atoms in total. The number of hydrogen-bond donors (Lipinski definition) is 1. The Kier molecular flexibility index (Phi) is 5.00. The molecule has 1 aliphatic rings. The van der Waals surface area contributed by atoms with Crippen molar-refractivity contribution < 1.29 is 0 Å². The van der Waals surface area contributed by atoms with E-state index >= 15 is 0 Å². The molecule has 0 unspecified atom stereocenters. The van der Waals surface area contributed by atoms with Crippen LogP contribution in [0.1, 0.15) is 40.5 Å². The first-order chi connectivity index (χ1) is 7.43. The molecule has 1 aliphatic carbocycles. The van der Waals surface area contributed by atoms with Crippen LogP contribution < -0.4 is 5.32 Å². The molecule has 1 fully saturated rings. The molecule has 16 heavy (non-hydrogen) atoms. The van der Waals surface area contributed by atoms with Crippen LogP contribution in [-0.4, -0.2) is 37.1 Å². The summed E-state index contributed by atoms with van der Waals surface area (Å²) in [6, 6.07) is 0.815. The van der Waals surface area contributed by atoms with Gasteiger partial charge in [0, 0.05) is 25.7 Å². The lowest BCUT2D eigenvalue weighted by atomic mass is 9.92. The van der Waals surface area contributed by atoms with Gasteiger partial charge in [0.1, 0.15) is 0 Å². The average Bonchev–Trinajstić information content (AvgIpc) is 2.96. The normalized spacial score (nSPS) is 16.8. The second-order valence-electron chi connectivity index (χ2n) is 6.08. The van der Waals surface area contributed by atoms with Crippen molar-refractivity contribution in [1.29, 1.82) is 0 Å². The minimum Gasteiger partial charge on any atom is -0.313 e. The van der Waals surface area contributed by atoms with Crippen LogP contribution >= 0.6 is 0 Å². The van der Waals surface area contributed by atoms with E-state index in [1.807, 2.05) is 0 Å². The molecule has 1 saturated carbocycles. The van der Waals surface area contributed by atoms with Gasteiger partial charge in [-0.1, -0.05) is 32.9 Å². The second kappa shape index (κ2) is 5.83. The largest absolute Gasteiger partial charge is 0.313 e. The quantitative estimate of drug-likeness (QED) is 0.638. The van der Waals surface area contributed by atoms with Gasteiger partial charge in [-0.2, -0.15) is 0 Å². The lowest BCUT2D eigenvalue weighted by Crippen LogP contribution is -2.41. The lowest BCUT2D eigenvalue weighted by molar-refractivity contribution is 0.192. The molecule has 0 aromatic heterocycles. The Labute approximate surface area is 101 Å². The number of hydrogen-bond acceptors (Lipinski definition) is 2. The van der Waals surface area contributed by atoms with Crippen molar-refractivity contribution in [1.82, 2.24) is 10.2 Å². The summed E-state index contributed by atoms with van der Waals surface area (Å²) in [5, 5.41) is 3.63. The molecule has 1 N–H and O–H groups in total. The molecule has 0 spiro atoms. The summed E-state index contributed by atoms with van der Waals surface area (Å²) in [6.07, 6.45) is 2.75. The maximum absolute atomic E-state index is 4.00. The monoisotopic (exact) mass is 224 g/mol. The van der Waals surface area contributed by atoms with E-state index in [4.69, 9.17) is 0 Å². The zero-order valence-corrected chi connectivity index (χ0v) is 11.5. The van der Waals surface area contributed by atoms with Gasteiger partial charge < -0.3 is 5.32 Å². The Morgan fingerprint density at radius 2 is 2.06 bits per heavy atom. The van der Waals surface area contributed by atoms with Crippen molar-refractivity contribution in [2.24, 2.45) is 5.41 Å².